The smallest absolute Gasteiger partial charge is 0.212 e. The summed E-state index contributed by atoms with van der Waals surface area (Å²) in [4.78, 5) is 2.52. The van der Waals surface area contributed by atoms with E-state index in [-0.39, 0.29) is 0 Å². The molecule has 0 N–H and O–H groups in total. The highest BCUT2D eigenvalue weighted by atomic mass is 32.2. The zero-order valence-electron chi connectivity index (χ0n) is 15.9. The summed E-state index contributed by atoms with van der Waals surface area (Å²) < 4.78 is 26.0. The van der Waals surface area contributed by atoms with E-state index in [1.807, 2.05) is 42.5 Å². The fourth-order valence-corrected chi connectivity index (χ4v) is 4.56. The van der Waals surface area contributed by atoms with E-state index in [0.29, 0.717) is 29.9 Å². The third kappa shape index (κ3) is 3.94. The zero-order valence-corrected chi connectivity index (χ0v) is 16.7. The van der Waals surface area contributed by atoms with E-state index in [1.54, 1.807) is 0 Å². The van der Waals surface area contributed by atoms with Crippen LogP contribution in [0.25, 0.3) is 11.1 Å². The number of alkyl halides is 1. The summed E-state index contributed by atoms with van der Waals surface area (Å²) in [5.41, 5.74) is 1.24. The molecule has 2 aliphatic heterocycles. The lowest BCUT2D eigenvalue weighted by Gasteiger charge is -2.34. The third-order valence-electron chi connectivity index (χ3n) is 5.55. The van der Waals surface area contributed by atoms with Gasteiger partial charge in [-0.1, -0.05) is 30.3 Å². The fourth-order valence-electron chi connectivity index (χ4n) is 3.89. The molecule has 2 aromatic carbocycles. The van der Waals surface area contributed by atoms with Crippen LogP contribution in [0.4, 0.5) is 4.39 Å². The molecule has 0 bridgehead atoms. The van der Waals surface area contributed by atoms with Crippen molar-refractivity contribution in [3.8, 4) is 22.6 Å². The molecule has 0 spiro atoms. The van der Waals surface area contributed by atoms with Crippen LogP contribution in [-0.4, -0.2) is 30.6 Å². The number of benzene rings is 2. The van der Waals surface area contributed by atoms with E-state index in [2.05, 4.69) is 18.7 Å². The van der Waals surface area contributed by atoms with Gasteiger partial charge in [-0.15, -0.1) is 0 Å². The quantitative estimate of drug-likeness (QED) is 0.599. The summed E-state index contributed by atoms with van der Waals surface area (Å²) in [6.07, 6.45) is 2.33. The molecule has 2 aromatic rings. The number of hydrogen-bond acceptors (Lipinski definition) is 4. The molecule has 5 heteroatoms. The molecular formula is C22H26FNO2S. The van der Waals surface area contributed by atoms with Gasteiger partial charge in [-0.2, -0.15) is 0 Å². The van der Waals surface area contributed by atoms with E-state index in [0.717, 1.165) is 54.9 Å². The summed E-state index contributed by atoms with van der Waals surface area (Å²) in [5, 5.41) is 0. The summed E-state index contributed by atoms with van der Waals surface area (Å²) in [5.74, 6) is 2.00. The lowest BCUT2D eigenvalue weighted by molar-refractivity contribution is 0.119. The minimum Gasteiger partial charge on any atom is -0.493 e. The van der Waals surface area contributed by atoms with Crippen molar-refractivity contribution < 1.29 is 13.3 Å². The SMILES string of the molecule is CC(C)N1CCC(COc2ccccc2-c2cccc3c2C(F)SO3)CC1. The predicted octanol–water partition coefficient (Wildman–Crippen LogP) is 5.86. The maximum atomic E-state index is 14.4. The Labute approximate surface area is 165 Å². The molecule has 0 aromatic heterocycles. The maximum Gasteiger partial charge on any atom is 0.212 e. The van der Waals surface area contributed by atoms with Gasteiger partial charge in [0.2, 0.25) is 5.50 Å². The first-order valence-corrected chi connectivity index (χ1v) is 10.5. The second-order valence-corrected chi connectivity index (χ2v) is 8.37. The Morgan fingerprint density at radius 2 is 1.85 bits per heavy atom. The molecule has 3 nitrogen and oxygen atoms in total. The first-order chi connectivity index (χ1) is 13.1. The zero-order chi connectivity index (χ0) is 18.8. The molecule has 0 amide bonds. The largest absolute Gasteiger partial charge is 0.493 e. The van der Waals surface area contributed by atoms with E-state index < -0.39 is 5.50 Å². The van der Waals surface area contributed by atoms with Crippen molar-refractivity contribution in [1.29, 1.82) is 0 Å². The highest BCUT2D eigenvalue weighted by molar-refractivity contribution is 7.95. The van der Waals surface area contributed by atoms with Gasteiger partial charge in [0.25, 0.3) is 0 Å². The van der Waals surface area contributed by atoms with Crippen LogP contribution >= 0.6 is 12.0 Å². The van der Waals surface area contributed by atoms with Crippen molar-refractivity contribution in [3.05, 3.63) is 48.0 Å². The molecule has 2 heterocycles. The van der Waals surface area contributed by atoms with Gasteiger partial charge in [0.1, 0.15) is 11.5 Å². The van der Waals surface area contributed by atoms with Crippen LogP contribution < -0.4 is 8.92 Å². The first kappa shape index (κ1) is 18.6. The molecule has 27 heavy (non-hydrogen) atoms. The number of nitrogens with zero attached hydrogens (tertiary/aromatic N) is 1. The fraction of sp³-hybridized carbons (Fsp3) is 0.455. The van der Waals surface area contributed by atoms with Gasteiger partial charge in [-0.3, -0.25) is 0 Å². The molecule has 4 rings (SSSR count). The number of likely N-dealkylation sites (tertiary alicyclic amines) is 1. The van der Waals surface area contributed by atoms with Gasteiger partial charge in [-0.05, 0) is 63.4 Å². The normalized spacial score (nSPS) is 20.5. The minimum absolute atomic E-state index is 0.572. The number of piperidine rings is 1. The second-order valence-electron chi connectivity index (χ2n) is 7.59. The number of hydrogen-bond donors (Lipinski definition) is 0. The van der Waals surface area contributed by atoms with Gasteiger partial charge in [0.05, 0.1) is 24.2 Å². The van der Waals surface area contributed by atoms with Gasteiger partial charge in [0, 0.05) is 11.6 Å². The van der Waals surface area contributed by atoms with Gasteiger partial charge in [-0.25, -0.2) is 4.39 Å². The van der Waals surface area contributed by atoms with E-state index in [1.165, 1.54) is 0 Å². The lowest BCUT2D eigenvalue weighted by Crippen LogP contribution is -2.39. The third-order valence-corrected chi connectivity index (χ3v) is 6.23. The minimum atomic E-state index is -1.16. The average Bonchev–Trinajstić information content (AvgIpc) is 3.08. The number of rotatable bonds is 5. The van der Waals surface area contributed by atoms with Crippen molar-refractivity contribution >= 4 is 12.0 Å². The average molecular weight is 388 g/mol. The van der Waals surface area contributed by atoms with E-state index >= 15 is 0 Å². The summed E-state index contributed by atoms with van der Waals surface area (Å²) in [7, 11) is 0. The van der Waals surface area contributed by atoms with Crippen LogP contribution in [0.1, 0.15) is 37.8 Å². The molecule has 2 aliphatic rings. The molecule has 1 atom stereocenters. The Morgan fingerprint density at radius 1 is 1.11 bits per heavy atom. The van der Waals surface area contributed by atoms with Crippen molar-refractivity contribution in [1.82, 2.24) is 4.90 Å². The second kappa shape index (κ2) is 8.11. The van der Waals surface area contributed by atoms with Gasteiger partial charge >= 0.3 is 0 Å². The Morgan fingerprint density at radius 3 is 2.63 bits per heavy atom. The van der Waals surface area contributed by atoms with Crippen LogP contribution in [0.3, 0.4) is 0 Å². The summed E-state index contributed by atoms with van der Waals surface area (Å²) in [6.45, 7) is 7.49. The number of halogens is 1. The number of ether oxygens (including phenoxy) is 1. The van der Waals surface area contributed by atoms with Crippen LogP contribution in [0, 0.1) is 5.92 Å². The summed E-state index contributed by atoms with van der Waals surface area (Å²) in [6, 6.07) is 14.2. The molecular weight excluding hydrogens is 361 g/mol. The number of para-hydroxylation sites is 1. The number of fused-ring (bicyclic) bond motifs is 1. The standard InChI is InChI=1S/C22H26FNO2S/c1-15(2)24-12-10-16(11-13-24)14-25-19-8-4-3-6-17(19)18-7-5-9-20-21(18)22(23)27-26-20/h3-9,15-16,22H,10-14H2,1-2H3. The van der Waals surface area contributed by atoms with Crippen molar-refractivity contribution in [3.63, 3.8) is 0 Å². The van der Waals surface area contributed by atoms with Crippen LogP contribution in [0.5, 0.6) is 11.5 Å². The molecule has 1 saturated heterocycles. The topological polar surface area (TPSA) is 21.7 Å². The van der Waals surface area contributed by atoms with Crippen molar-refractivity contribution in [2.24, 2.45) is 5.92 Å². The lowest BCUT2D eigenvalue weighted by atomic mass is 9.96. The Kier molecular flexibility index (Phi) is 5.60. The molecule has 0 saturated carbocycles. The van der Waals surface area contributed by atoms with Crippen LogP contribution in [-0.2, 0) is 0 Å². The summed E-state index contributed by atoms with van der Waals surface area (Å²) >= 11 is 0.867. The van der Waals surface area contributed by atoms with Crippen molar-refractivity contribution in [2.45, 2.75) is 38.2 Å². The Bertz CT molecular complexity index is 790. The molecule has 0 aliphatic carbocycles. The molecule has 144 valence electrons. The van der Waals surface area contributed by atoms with Gasteiger partial charge < -0.3 is 13.8 Å². The Hall–Kier alpha value is -1.72. The monoisotopic (exact) mass is 387 g/mol. The highest BCUT2D eigenvalue weighted by Gasteiger charge is 2.30. The molecule has 1 unspecified atom stereocenters. The van der Waals surface area contributed by atoms with E-state index in [9.17, 15) is 4.39 Å². The van der Waals surface area contributed by atoms with Gasteiger partial charge in [0.15, 0.2) is 0 Å². The molecule has 0 radical (unpaired) electrons. The predicted molar refractivity (Wildman–Crippen MR) is 109 cm³/mol. The van der Waals surface area contributed by atoms with Crippen LogP contribution in [0.2, 0.25) is 0 Å². The highest BCUT2D eigenvalue weighted by Crippen LogP contribution is 2.50. The Balaban J connectivity index is 1.50. The van der Waals surface area contributed by atoms with E-state index in [4.69, 9.17) is 8.92 Å². The van der Waals surface area contributed by atoms with Crippen LogP contribution in [0.15, 0.2) is 42.5 Å². The first-order valence-electron chi connectivity index (χ1n) is 9.70. The molecule has 1 fully saturated rings. The maximum absolute atomic E-state index is 14.4. The van der Waals surface area contributed by atoms with Crippen molar-refractivity contribution in [2.75, 3.05) is 19.7 Å².